The van der Waals surface area contributed by atoms with Crippen molar-refractivity contribution in [2.45, 2.75) is 38.2 Å². The van der Waals surface area contributed by atoms with E-state index in [1.807, 2.05) is 12.1 Å². The molecule has 1 aromatic rings. The molecule has 1 N–H and O–H groups in total. The lowest BCUT2D eigenvalue weighted by Crippen LogP contribution is -2.19. The van der Waals surface area contributed by atoms with Gasteiger partial charge in [0.05, 0.1) is 12.4 Å². The van der Waals surface area contributed by atoms with Crippen LogP contribution in [-0.2, 0) is 10.0 Å². The van der Waals surface area contributed by atoms with Crippen LogP contribution < -0.4 is 9.46 Å². The highest BCUT2D eigenvalue weighted by Crippen LogP contribution is 2.24. The average molecular weight is 269 g/mol. The minimum Gasteiger partial charge on any atom is -0.490 e. The van der Waals surface area contributed by atoms with Crippen LogP contribution in [0.3, 0.4) is 0 Å². The molecule has 0 spiro atoms. The van der Waals surface area contributed by atoms with Gasteiger partial charge in [-0.05, 0) is 49.9 Å². The van der Waals surface area contributed by atoms with E-state index in [4.69, 9.17) is 4.74 Å². The third-order valence-corrected chi connectivity index (χ3v) is 3.62. The predicted octanol–water partition coefficient (Wildman–Crippen LogP) is 2.77. The molecule has 0 saturated heterocycles. The molecule has 0 atom stereocenters. The number of hydrogen-bond donors (Lipinski definition) is 1. The van der Waals surface area contributed by atoms with Crippen molar-refractivity contribution in [1.29, 1.82) is 0 Å². The summed E-state index contributed by atoms with van der Waals surface area (Å²) in [5.74, 6) is 0.806. The zero-order valence-corrected chi connectivity index (χ0v) is 11.4. The van der Waals surface area contributed by atoms with Crippen molar-refractivity contribution in [2.75, 3.05) is 11.0 Å². The molecule has 0 heterocycles. The van der Waals surface area contributed by atoms with Crippen LogP contribution in [0.25, 0.3) is 0 Å². The molecular weight excluding hydrogens is 250 g/mol. The third kappa shape index (κ3) is 4.22. The van der Waals surface area contributed by atoms with Crippen LogP contribution in [0, 0.1) is 0 Å². The third-order valence-electron chi connectivity index (χ3n) is 3.01. The van der Waals surface area contributed by atoms with E-state index in [1.54, 1.807) is 12.1 Å². The Morgan fingerprint density at radius 3 is 2.28 bits per heavy atom. The summed E-state index contributed by atoms with van der Waals surface area (Å²) in [7, 11) is -3.21. The number of benzene rings is 1. The zero-order chi connectivity index (χ0) is 13.0. The predicted molar refractivity (Wildman–Crippen MR) is 72.4 cm³/mol. The van der Waals surface area contributed by atoms with Gasteiger partial charge in [0, 0.05) is 5.69 Å². The van der Waals surface area contributed by atoms with E-state index in [2.05, 4.69) is 4.72 Å². The van der Waals surface area contributed by atoms with Crippen molar-refractivity contribution in [2.24, 2.45) is 0 Å². The van der Waals surface area contributed by atoms with Gasteiger partial charge in [-0.1, -0.05) is 6.42 Å². The van der Waals surface area contributed by atoms with Crippen LogP contribution in [-0.4, -0.2) is 20.8 Å². The lowest BCUT2D eigenvalue weighted by atomic mass is 9.98. The van der Waals surface area contributed by atoms with Crippen molar-refractivity contribution in [3.8, 4) is 5.75 Å². The topological polar surface area (TPSA) is 55.4 Å². The van der Waals surface area contributed by atoms with Crippen molar-refractivity contribution in [1.82, 2.24) is 0 Å². The molecule has 1 aliphatic carbocycles. The zero-order valence-electron chi connectivity index (χ0n) is 10.6. The Hall–Kier alpha value is -1.23. The first-order valence-corrected chi connectivity index (χ1v) is 8.16. The first-order valence-electron chi connectivity index (χ1n) is 6.27. The van der Waals surface area contributed by atoms with Gasteiger partial charge in [-0.25, -0.2) is 8.42 Å². The fraction of sp³-hybridized carbons (Fsp3) is 0.538. The fourth-order valence-corrected chi connectivity index (χ4v) is 2.76. The van der Waals surface area contributed by atoms with Crippen LogP contribution in [0.15, 0.2) is 24.3 Å². The van der Waals surface area contributed by atoms with Gasteiger partial charge in [0.25, 0.3) is 0 Å². The van der Waals surface area contributed by atoms with E-state index in [1.165, 1.54) is 19.3 Å². The highest BCUT2D eigenvalue weighted by atomic mass is 32.2. The molecule has 0 bridgehead atoms. The highest BCUT2D eigenvalue weighted by Gasteiger charge is 2.14. The van der Waals surface area contributed by atoms with E-state index in [0.717, 1.165) is 24.8 Å². The van der Waals surface area contributed by atoms with Crippen LogP contribution in [0.2, 0.25) is 0 Å². The second-order valence-electron chi connectivity index (χ2n) is 4.78. The smallest absolute Gasteiger partial charge is 0.229 e. The highest BCUT2D eigenvalue weighted by molar-refractivity contribution is 7.92. The van der Waals surface area contributed by atoms with Crippen LogP contribution in [0.1, 0.15) is 32.1 Å². The number of rotatable bonds is 4. The Morgan fingerprint density at radius 2 is 1.72 bits per heavy atom. The lowest BCUT2D eigenvalue weighted by molar-refractivity contribution is 0.155. The summed E-state index contributed by atoms with van der Waals surface area (Å²) in [6.07, 6.45) is 7.45. The fourth-order valence-electron chi connectivity index (χ4n) is 2.19. The SMILES string of the molecule is CS(=O)(=O)Nc1ccc(OC2CCCCC2)cc1. The summed E-state index contributed by atoms with van der Waals surface area (Å²) < 4.78 is 30.4. The van der Waals surface area contributed by atoms with Gasteiger partial charge in [0.2, 0.25) is 10.0 Å². The Balaban J connectivity index is 1.94. The molecule has 1 saturated carbocycles. The standard InChI is InChI=1S/C13H19NO3S/c1-18(15,16)14-11-7-9-13(10-8-11)17-12-5-3-2-4-6-12/h7-10,12,14H,2-6H2,1H3. The second kappa shape index (κ2) is 5.61. The molecule has 0 radical (unpaired) electrons. The quantitative estimate of drug-likeness (QED) is 0.914. The number of nitrogens with one attached hydrogen (secondary N) is 1. The van der Waals surface area contributed by atoms with Gasteiger partial charge in [-0.15, -0.1) is 0 Å². The van der Waals surface area contributed by atoms with Crippen LogP contribution in [0.5, 0.6) is 5.75 Å². The van der Waals surface area contributed by atoms with Crippen LogP contribution >= 0.6 is 0 Å². The molecule has 5 heteroatoms. The normalized spacial score (nSPS) is 17.4. The first kappa shape index (κ1) is 13.2. The molecule has 1 aromatic carbocycles. The monoisotopic (exact) mass is 269 g/mol. The van der Waals surface area contributed by atoms with E-state index in [-0.39, 0.29) is 0 Å². The van der Waals surface area contributed by atoms with Gasteiger partial charge in [-0.2, -0.15) is 0 Å². The molecule has 1 aliphatic rings. The van der Waals surface area contributed by atoms with E-state index in [9.17, 15) is 8.42 Å². The molecule has 0 aliphatic heterocycles. The van der Waals surface area contributed by atoms with Crippen molar-refractivity contribution >= 4 is 15.7 Å². The molecule has 0 amide bonds. The maximum absolute atomic E-state index is 11.1. The number of anilines is 1. The Bertz CT molecular complexity index is 475. The average Bonchev–Trinajstić information content (AvgIpc) is 2.31. The van der Waals surface area contributed by atoms with Gasteiger partial charge in [0.1, 0.15) is 5.75 Å². The summed E-state index contributed by atoms with van der Waals surface area (Å²) >= 11 is 0. The Morgan fingerprint density at radius 1 is 1.11 bits per heavy atom. The second-order valence-corrected chi connectivity index (χ2v) is 6.52. The maximum atomic E-state index is 11.1. The number of sulfonamides is 1. The Labute approximate surface area is 108 Å². The first-order chi connectivity index (χ1) is 8.53. The lowest BCUT2D eigenvalue weighted by Gasteiger charge is -2.23. The minimum absolute atomic E-state index is 0.312. The van der Waals surface area contributed by atoms with Gasteiger partial charge >= 0.3 is 0 Å². The summed E-state index contributed by atoms with van der Waals surface area (Å²) in [6.45, 7) is 0. The number of hydrogen-bond acceptors (Lipinski definition) is 3. The van der Waals surface area contributed by atoms with Gasteiger partial charge in [-0.3, -0.25) is 4.72 Å². The van der Waals surface area contributed by atoms with Crippen molar-refractivity contribution in [3.05, 3.63) is 24.3 Å². The van der Waals surface area contributed by atoms with Crippen LogP contribution in [0.4, 0.5) is 5.69 Å². The molecular formula is C13H19NO3S. The molecule has 18 heavy (non-hydrogen) atoms. The summed E-state index contributed by atoms with van der Waals surface area (Å²) in [6, 6.07) is 7.06. The van der Waals surface area contributed by atoms with E-state index in [0.29, 0.717) is 11.8 Å². The molecule has 100 valence electrons. The molecule has 0 unspecified atom stereocenters. The van der Waals surface area contributed by atoms with E-state index >= 15 is 0 Å². The van der Waals surface area contributed by atoms with Gasteiger partial charge in [0.15, 0.2) is 0 Å². The summed E-state index contributed by atoms with van der Waals surface area (Å²) in [4.78, 5) is 0. The van der Waals surface area contributed by atoms with Crippen molar-refractivity contribution < 1.29 is 13.2 Å². The summed E-state index contributed by atoms with van der Waals surface area (Å²) in [5, 5.41) is 0. The Kier molecular flexibility index (Phi) is 4.11. The van der Waals surface area contributed by atoms with E-state index < -0.39 is 10.0 Å². The van der Waals surface area contributed by atoms with Gasteiger partial charge < -0.3 is 4.74 Å². The summed E-state index contributed by atoms with van der Waals surface area (Å²) in [5.41, 5.74) is 0.563. The molecule has 4 nitrogen and oxygen atoms in total. The van der Waals surface area contributed by atoms with Crippen molar-refractivity contribution in [3.63, 3.8) is 0 Å². The molecule has 0 aromatic heterocycles. The molecule has 1 fully saturated rings. The minimum atomic E-state index is -3.21. The molecule has 2 rings (SSSR count). The number of ether oxygens (including phenoxy) is 1. The largest absolute Gasteiger partial charge is 0.490 e. The maximum Gasteiger partial charge on any atom is 0.229 e.